The van der Waals surface area contributed by atoms with Crippen LogP contribution in [0.15, 0.2) is 30.4 Å². The maximum absolute atomic E-state index is 11.7. The molecule has 0 bridgehead atoms. The summed E-state index contributed by atoms with van der Waals surface area (Å²) in [5.41, 5.74) is 0.336. The predicted octanol–water partition coefficient (Wildman–Crippen LogP) is 0.531. The first kappa shape index (κ1) is 40.9. The second kappa shape index (κ2) is 17.4. The Morgan fingerprint density at radius 1 is 0.805 bits per heavy atom. The van der Waals surface area contributed by atoms with Crippen LogP contribution in [0, 0.1) is 6.42 Å². The number of hydrogen-bond acceptors (Lipinski definition) is 9. The fraction of sp³-hybridized carbons (Fsp3) is 0.474. The molecule has 22 heteroatoms. The minimum atomic E-state index is -4.84. The molecule has 0 aliphatic heterocycles. The summed E-state index contributed by atoms with van der Waals surface area (Å²) < 4.78 is 57.1. The van der Waals surface area contributed by atoms with Gasteiger partial charge in [-0.05, 0) is 31.8 Å². The maximum Gasteiger partial charge on any atom is 3.00 e. The monoisotopic (exact) mass is 742 g/mol. The molecule has 1 aromatic carbocycles. The quantitative estimate of drug-likeness (QED) is 0.0335. The molecule has 0 atom stereocenters. The third-order valence-electron chi connectivity index (χ3n) is 4.58. The van der Waals surface area contributed by atoms with Crippen molar-refractivity contribution in [3.05, 3.63) is 47.9 Å². The van der Waals surface area contributed by atoms with Crippen molar-refractivity contribution in [1.82, 2.24) is 9.80 Å². The molecule has 0 saturated heterocycles. The number of rotatable bonds is 18. The summed E-state index contributed by atoms with van der Waals surface area (Å²) >= 11 is 0. The van der Waals surface area contributed by atoms with Gasteiger partial charge in [-0.15, -0.1) is 0 Å². The number of nitrogens with zero attached hydrogens (tertiary/aromatic N) is 2. The largest absolute Gasteiger partial charge is 3.00 e. The summed E-state index contributed by atoms with van der Waals surface area (Å²) in [4.78, 5) is 88.3. The molecule has 0 saturated carbocycles. The van der Waals surface area contributed by atoms with Gasteiger partial charge < -0.3 is 48.6 Å². The molecule has 0 aliphatic rings. The van der Waals surface area contributed by atoms with E-state index in [4.69, 9.17) is 9.47 Å². The van der Waals surface area contributed by atoms with Crippen LogP contribution >= 0.6 is 30.4 Å². The van der Waals surface area contributed by atoms with Crippen LogP contribution in [0.25, 0.3) is 0 Å². The van der Waals surface area contributed by atoms with Crippen molar-refractivity contribution in [2.75, 3.05) is 38.4 Å². The Bertz CT molecular complexity index is 1180. The number of ether oxygens (including phenoxy) is 2. The van der Waals surface area contributed by atoms with Gasteiger partial charge in [-0.1, -0.05) is 18.7 Å². The van der Waals surface area contributed by atoms with Gasteiger partial charge in [0.25, 0.3) is 0 Å². The third kappa shape index (κ3) is 19.7. The second-order valence-corrected chi connectivity index (χ2v) is 15.2. The Morgan fingerprint density at radius 3 is 1.66 bits per heavy atom. The molecule has 0 heterocycles. The molecular formula is C19H33N2O15P4Y+2. The Hall–Kier alpha value is -0.146. The molecule has 0 spiro atoms. The molecule has 0 radical (unpaired) electrons. The van der Waals surface area contributed by atoms with Crippen molar-refractivity contribution >= 4 is 36.4 Å². The Balaban J connectivity index is 0.0000160. The second-order valence-electron chi connectivity index (χ2n) is 8.75. The molecule has 1 rings (SSSR count). The van der Waals surface area contributed by atoms with E-state index in [-0.39, 0.29) is 68.4 Å². The summed E-state index contributed by atoms with van der Waals surface area (Å²) in [7, 11) is -19.3. The fourth-order valence-electron chi connectivity index (χ4n) is 3.32. The van der Waals surface area contributed by atoms with Crippen LogP contribution in [0.2, 0.25) is 0 Å². The zero-order valence-electron chi connectivity index (χ0n) is 21.9. The summed E-state index contributed by atoms with van der Waals surface area (Å²) in [6.45, 7) is 3.46. The van der Waals surface area contributed by atoms with Crippen molar-refractivity contribution in [3.8, 4) is 5.75 Å². The van der Waals surface area contributed by atoms with E-state index in [0.717, 1.165) is 9.80 Å². The minimum Gasteiger partial charge on any atom is -0.525 e. The number of carbonyl (C=O) groups excluding carboxylic acids is 1. The molecular weight excluding hydrogens is 709 g/mol. The van der Waals surface area contributed by atoms with Crippen molar-refractivity contribution in [3.63, 3.8) is 0 Å². The molecule has 41 heavy (non-hydrogen) atoms. The summed E-state index contributed by atoms with van der Waals surface area (Å²) in [5.74, 6) is -0.645. The molecule has 0 unspecified atom stereocenters. The van der Waals surface area contributed by atoms with Gasteiger partial charge in [0, 0.05) is 24.2 Å². The zero-order chi connectivity index (χ0) is 30.9. The summed E-state index contributed by atoms with van der Waals surface area (Å²) in [5, 5.41) is 0. The van der Waals surface area contributed by atoms with Gasteiger partial charge in [0.15, 0.2) is 0 Å². The zero-order valence-corrected chi connectivity index (χ0v) is 28.3. The van der Waals surface area contributed by atoms with Crippen LogP contribution in [-0.4, -0.2) is 93.3 Å². The van der Waals surface area contributed by atoms with E-state index in [0.29, 0.717) is 0 Å². The van der Waals surface area contributed by atoms with Crippen LogP contribution in [0.3, 0.4) is 0 Å². The SMILES string of the molecule is C=C(C)C(=O)OC[CH-]COc1cccc(CN(CP(=O)(O)O)CP(=O)(O)O)c1CN(CP(=O)(O)O)CP(=O)(O)O.[Y+3]. The standard InChI is InChI=1S/C19H33N2O15P4.Y/c1-15(2)19(22)36-8-4-7-35-18-6-3-5-16(9-20(11-37(23,24)25)12-38(26,27)28)17(18)10-21(13-39(29,30)31)14-40(32,33)34;/h3-6H,1,7-14H2,2H3,(H2,23,24,25)(H2,26,27,28)(H2,29,30,31)(H2,32,33,34);/q-1;+3. The van der Waals surface area contributed by atoms with Crippen LogP contribution in [0.1, 0.15) is 18.1 Å². The predicted molar refractivity (Wildman–Crippen MR) is 141 cm³/mol. The number of esters is 1. The number of carbonyl (C=O) groups is 1. The smallest absolute Gasteiger partial charge is 0.525 e. The van der Waals surface area contributed by atoms with E-state index in [9.17, 15) is 62.2 Å². The maximum atomic E-state index is 11.7. The minimum absolute atomic E-state index is 0. The first-order valence-corrected chi connectivity index (χ1v) is 18.2. The van der Waals surface area contributed by atoms with Gasteiger partial charge in [-0.2, -0.15) is 0 Å². The van der Waals surface area contributed by atoms with Crippen LogP contribution < -0.4 is 4.74 Å². The molecule has 17 nitrogen and oxygen atoms in total. The molecule has 230 valence electrons. The van der Waals surface area contributed by atoms with Gasteiger partial charge in [0.05, 0.1) is 0 Å². The Kier molecular flexibility index (Phi) is 17.3. The van der Waals surface area contributed by atoms with Crippen molar-refractivity contribution in [1.29, 1.82) is 0 Å². The van der Waals surface area contributed by atoms with E-state index in [1.54, 1.807) is 0 Å². The average molecular weight is 742 g/mol. The molecule has 1 aromatic rings. The van der Waals surface area contributed by atoms with Crippen LogP contribution in [-0.2, 0) is 73.6 Å². The molecule has 0 amide bonds. The van der Waals surface area contributed by atoms with E-state index in [1.807, 2.05) is 0 Å². The normalized spacial score (nSPS) is 12.8. The molecule has 0 aromatic heterocycles. The van der Waals surface area contributed by atoms with Crippen molar-refractivity contribution < 1.29 is 104 Å². The summed E-state index contributed by atoms with van der Waals surface area (Å²) in [6, 6.07) is 4.18. The van der Waals surface area contributed by atoms with E-state index in [2.05, 4.69) is 6.58 Å². The molecule has 0 aliphatic carbocycles. The topological polar surface area (TPSA) is 272 Å². The molecule has 8 N–H and O–H groups in total. The third-order valence-corrected chi connectivity index (χ3v) is 7.65. The van der Waals surface area contributed by atoms with Gasteiger partial charge >= 0.3 is 69.1 Å². The van der Waals surface area contributed by atoms with Gasteiger partial charge in [0.1, 0.15) is 30.9 Å². The van der Waals surface area contributed by atoms with Crippen LogP contribution in [0.5, 0.6) is 5.75 Å². The van der Waals surface area contributed by atoms with E-state index >= 15 is 0 Å². The number of benzene rings is 1. The summed E-state index contributed by atoms with van der Waals surface area (Å²) in [6.07, 6.45) is -2.88. The first-order chi connectivity index (χ1) is 18.0. The van der Waals surface area contributed by atoms with Gasteiger partial charge in [-0.25, -0.2) is 4.79 Å². The van der Waals surface area contributed by atoms with Gasteiger partial charge in [-0.3, -0.25) is 34.5 Å². The van der Waals surface area contributed by atoms with Crippen LogP contribution in [0.4, 0.5) is 0 Å². The Morgan fingerprint density at radius 2 is 1.24 bits per heavy atom. The molecule has 0 fully saturated rings. The average Bonchev–Trinajstić information content (AvgIpc) is 2.70. The van der Waals surface area contributed by atoms with Crippen molar-refractivity contribution in [2.24, 2.45) is 0 Å². The number of hydrogen-bond donors (Lipinski definition) is 8. The van der Waals surface area contributed by atoms with Crippen molar-refractivity contribution in [2.45, 2.75) is 20.0 Å². The van der Waals surface area contributed by atoms with E-state index < -0.39 is 74.6 Å². The fourth-order valence-corrected chi connectivity index (χ4v) is 6.52. The first-order valence-electron chi connectivity index (χ1n) is 11.1. The van der Waals surface area contributed by atoms with E-state index in [1.165, 1.54) is 31.5 Å². The van der Waals surface area contributed by atoms with Gasteiger partial charge in [0.2, 0.25) is 0 Å². The Labute approximate surface area is 261 Å².